The van der Waals surface area contributed by atoms with Crippen LogP contribution in [-0.4, -0.2) is 53.2 Å². The van der Waals surface area contributed by atoms with Crippen LogP contribution in [0, 0.1) is 0 Å². The van der Waals surface area contributed by atoms with Gasteiger partial charge in [0, 0.05) is 31.6 Å². The normalized spacial score (nSPS) is 10.5. The second kappa shape index (κ2) is 13.4. The van der Waals surface area contributed by atoms with E-state index in [2.05, 4.69) is 46.9 Å². The third kappa shape index (κ3) is 7.99. The molecule has 0 fully saturated rings. The second-order valence-corrected chi connectivity index (χ2v) is 7.27. The van der Waals surface area contributed by atoms with Crippen molar-refractivity contribution in [3.05, 3.63) is 59.9 Å². The number of aryl methyl sites for hydroxylation is 3. The van der Waals surface area contributed by atoms with Gasteiger partial charge in [-0.15, -0.1) is 0 Å². The van der Waals surface area contributed by atoms with Crippen LogP contribution in [0.3, 0.4) is 0 Å². The van der Waals surface area contributed by atoms with E-state index < -0.39 is 11.8 Å². The lowest BCUT2D eigenvalue weighted by Crippen LogP contribution is -2.46. The van der Waals surface area contributed by atoms with Crippen molar-refractivity contribution in [2.24, 2.45) is 0 Å². The fourth-order valence-electron chi connectivity index (χ4n) is 3.16. The number of nitrogens with one attached hydrogen (secondary N) is 2. The summed E-state index contributed by atoms with van der Waals surface area (Å²) in [6.45, 7) is 2.60. The van der Waals surface area contributed by atoms with Gasteiger partial charge in [0.15, 0.2) is 12.4 Å². The number of hydrazine groups is 1. The maximum atomic E-state index is 12.2. The number of unbranched alkanes of at least 4 members (excludes halogenated alkanes) is 1. The van der Waals surface area contributed by atoms with Crippen molar-refractivity contribution in [2.75, 3.05) is 31.7 Å². The van der Waals surface area contributed by atoms with Crippen molar-refractivity contribution in [2.45, 2.75) is 39.2 Å². The van der Waals surface area contributed by atoms with Crippen molar-refractivity contribution in [3.8, 4) is 0 Å². The number of rotatable bonds is 12. The highest BCUT2D eigenvalue weighted by atomic mass is 16.3. The SMILES string of the molecule is CCCC[n+]1ccc(CCc2ccccc2NNC(=O)C(=O)N(CCO)CCO)cc1. The van der Waals surface area contributed by atoms with Gasteiger partial charge in [0.05, 0.1) is 18.9 Å². The number of amides is 2. The largest absolute Gasteiger partial charge is 0.395 e. The molecule has 0 spiro atoms. The van der Waals surface area contributed by atoms with E-state index >= 15 is 0 Å². The predicted octanol–water partition coefficient (Wildman–Crippen LogP) is 0.816. The maximum Gasteiger partial charge on any atom is 0.327 e. The van der Waals surface area contributed by atoms with Gasteiger partial charge >= 0.3 is 11.8 Å². The minimum Gasteiger partial charge on any atom is -0.395 e. The number of carbonyl (C=O) groups is 2. The van der Waals surface area contributed by atoms with E-state index in [0.29, 0.717) is 5.69 Å². The van der Waals surface area contributed by atoms with E-state index in [9.17, 15) is 9.59 Å². The first-order chi connectivity index (χ1) is 15.1. The number of pyridine rings is 1. The van der Waals surface area contributed by atoms with Gasteiger partial charge in [-0.25, -0.2) is 4.57 Å². The Morgan fingerprint density at radius 2 is 1.68 bits per heavy atom. The van der Waals surface area contributed by atoms with Crippen molar-refractivity contribution < 1.29 is 24.4 Å². The third-order valence-electron chi connectivity index (χ3n) is 4.96. The molecule has 1 aromatic heterocycles. The molecule has 2 amide bonds. The first-order valence-corrected chi connectivity index (χ1v) is 10.7. The standard InChI is InChI=1S/C23H32N4O4/c1-2-3-12-26-13-10-19(11-14-26)8-9-20-6-4-5-7-21(20)24-25-22(30)23(31)27(15-17-28)16-18-29/h4-7,10-11,13-14,28-29H,2-3,8-9,12,15-18H2,1H3,(H-,24,25,30,31)/p+1. The maximum absolute atomic E-state index is 12.2. The molecule has 0 radical (unpaired) electrons. The van der Waals surface area contributed by atoms with E-state index in [-0.39, 0.29) is 26.3 Å². The zero-order chi connectivity index (χ0) is 22.5. The molecule has 0 aliphatic rings. The van der Waals surface area contributed by atoms with Crippen LogP contribution in [0.5, 0.6) is 0 Å². The summed E-state index contributed by atoms with van der Waals surface area (Å²) in [7, 11) is 0. The lowest BCUT2D eigenvalue weighted by molar-refractivity contribution is -0.697. The molecule has 1 aromatic carbocycles. The highest BCUT2D eigenvalue weighted by molar-refractivity contribution is 6.35. The highest BCUT2D eigenvalue weighted by Crippen LogP contribution is 2.16. The number of hydrogen-bond donors (Lipinski definition) is 4. The van der Waals surface area contributed by atoms with Gasteiger partial charge in [0.25, 0.3) is 0 Å². The van der Waals surface area contributed by atoms with E-state index in [4.69, 9.17) is 10.2 Å². The summed E-state index contributed by atoms with van der Waals surface area (Å²) < 4.78 is 2.19. The molecule has 0 atom stereocenters. The van der Waals surface area contributed by atoms with Crippen LogP contribution < -0.4 is 15.4 Å². The van der Waals surface area contributed by atoms with E-state index in [1.165, 1.54) is 12.0 Å². The molecule has 8 heteroatoms. The van der Waals surface area contributed by atoms with Crippen LogP contribution in [0.1, 0.15) is 30.9 Å². The summed E-state index contributed by atoms with van der Waals surface area (Å²) >= 11 is 0. The third-order valence-corrected chi connectivity index (χ3v) is 4.96. The van der Waals surface area contributed by atoms with E-state index in [1.807, 2.05) is 24.3 Å². The number of aliphatic hydroxyl groups excluding tert-OH is 2. The molecule has 2 aromatic rings. The van der Waals surface area contributed by atoms with Crippen LogP contribution in [0.25, 0.3) is 0 Å². The van der Waals surface area contributed by atoms with Crippen LogP contribution >= 0.6 is 0 Å². The summed E-state index contributed by atoms with van der Waals surface area (Å²) in [5.41, 5.74) is 8.20. The Morgan fingerprint density at radius 1 is 1.00 bits per heavy atom. The van der Waals surface area contributed by atoms with Gasteiger partial charge in [-0.1, -0.05) is 31.5 Å². The van der Waals surface area contributed by atoms with Gasteiger partial charge in [-0.2, -0.15) is 0 Å². The molecule has 4 N–H and O–H groups in total. The van der Waals surface area contributed by atoms with Crippen LogP contribution in [0.15, 0.2) is 48.8 Å². The van der Waals surface area contributed by atoms with Crippen LogP contribution in [0.4, 0.5) is 5.69 Å². The molecular formula is C23H33N4O4+. The summed E-state index contributed by atoms with van der Waals surface area (Å²) in [6, 6.07) is 11.9. The van der Waals surface area contributed by atoms with Gasteiger partial charge < -0.3 is 15.1 Å². The minimum atomic E-state index is -0.851. The molecular weight excluding hydrogens is 396 g/mol. The number of nitrogens with zero attached hydrogens (tertiary/aromatic N) is 2. The summed E-state index contributed by atoms with van der Waals surface area (Å²) in [5, 5.41) is 18.0. The molecule has 0 aliphatic carbocycles. The zero-order valence-corrected chi connectivity index (χ0v) is 18.1. The van der Waals surface area contributed by atoms with Gasteiger partial charge in [-0.3, -0.25) is 20.4 Å². The molecule has 0 aliphatic heterocycles. The molecule has 0 unspecified atom stereocenters. The number of aromatic nitrogens is 1. The molecule has 2 rings (SSSR count). The molecule has 0 saturated heterocycles. The van der Waals surface area contributed by atoms with Gasteiger partial charge in [-0.05, 0) is 30.0 Å². The fraction of sp³-hybridized carbons (Fsp3) is 0.435. The number of anilines is 1. The Kier molecular flexibility index (Phi) is 10.5. The lowest BCUT2D eigenvalue weighted by atomic mass is 10.0. The molecule has 31 heavy (non-hydrogen) atoms. The zero-order valence-electron chi connectivity index (χ0n) is 18.1. The molecule has 0 bridgehead atoms. The lowest BCUT2D eigenvalue weighted by Gasteiger charge is -2.20. The highest BCUT2D eigenvalue weighted by Gasteiger charge is 2.21. The van der Waals surface area contributed by atoms with Gasteiger partial charge in [0.2, 0.25) is 0 Å². The monoisotopic (exact) mass is 429 g/mol. The average Bonchev–Trinajstić information content (AvgIpc) is 2.80. The number of aliphatic hydroxyl groups is 2. The van der Waals surface area contributed by atoms with Crippen molar-refractivity contribution in [1.29, 1.82) is 0 Å². The second-order valence-electron chi connectivity index (χ2n) is 7.27. The Bertz CT molecular complexity index is 821. The smallest absolute Gasteiger partial charge is 0.327 e. The number of para-hydroxylation sites is 1. The minimum absolute atomic E-state index is 0.0150. The Labute approximate surface area is 183 Å². The predicted molar refractivity (Wildman–Crippen MR) is 118 cm³/mol. The number of hydrogen-bond acceptors (Lipinski definition) is 5. The Morgan fingerprint density at radius 3 is 2.32 bits per heavy atom. The van der Waals surface area contributed by atoms with Crippen molar-refractivity contribution in [3.63, 3.8) is 0 Å². The summed E-state index contributed by atoms with van der Waals surface area (Å²) in [6.07, 6.45) is 8.15. The quantitative estimate of drug-likeness (QED) is 0.227. The van der Waals surface area contributed by atoms with Crippen molar-refractivity contribution in [1.82, 2.24) is 10.3 Å². The molecule has 168 valence electrons. The number of benzene rings is 1. The van der Waals surface area contributed by atoms with E-state index in [1.54, 1.807) is 0 Å². The topological polar surface area (TPSA) is 106 Å². The Hall–Kier alpha value is -2.97. The molecule has 8 nitrogen and oxygen atoms in total. The fourth-order valence-corrected chi connectivity index (χ4v) is 3.16. The molecule has 0 saturated carbocycles. The summed E-state index contributed by atoms with van der Waals surface area (Å²) in [5.74, 6) is -1.66. The first-order valence-electron chi connectivity index (χ1n) is 10.7. The van der Waals surface area contributed by atoms with Crippen LogP contribution in [-0.2, 0) is 29.0 Å². The van der Waals surface area contributed by atoms with Crippen LogP contribution in [0.2, 0.25) is 0 Å². The first kappa shape index (κ1) is 24.3. The number of carbonyl (C=O) groups excluding carboxylic acids is 2. The van der Waals surface area contributed by atoms with Gasteiger partial charge in [0.1, 0.15) is 6.54 Å². The molecule has 1 heterocycles. The average molecular weight is 430 g/mol. The summed E-state index contributed by atoms with van der Waals surface area (Å²) in [4.78, 5) is 25.5. The van der Waals surface area contributed by atoms with Crippen molar-refractivity contribution >= 4 is 17.5 Å². The Balaban J connectivity index is 1.92. The van der Waals surface area contributed by atoms with E-state index in [0.717, 1.165) is 36.3 Å².